The highest BCUT2D eigenvalue weighted by Crippen LogP contribution is 2.32. The number of hydrogen-bond donors (Lipinski definition) is 0. The van der Waals surface area contributed by atoms with Gasteiger partial charge in [-0.25, -0.2) is 8.78 Å². The molecule has 70 valence electrons. The highest BCUT2D eigenvalue weighted by molar-refractivity contribution is 6.42. The molecular weight excluding hydrogens is 233 g/mol. The SMILES string of the molecule is N#Cc1c(F)c(Cl)c(Cl)c(C#N)c1F. The third kappa shape index (κ3) is 1.39. The number of nitrogens with zero attached hydrogens (tertiary/aromatic N) is 2. The lowest BCUT2D eigenvalue weighted by atomic mass is 10.1. The van der Waals surface area contributed by atoms with Crippen molar-refractivity contribution in [3.63, 3.8) is 0 Å². The smallest absolute Gasteiger partial charge is 0.164 e. The molecule has 0 aliphatic rings. The van der Waals surface area contributed by atoms with Gasteiger partial charge < -0.3 is 0 Å². The summed E-state index contributed by atoms with van der Waals surface area (Å²) < 4.78 is 26.2. The Hall–Kier alpha value is -1.36. The first-order chi connectivity index (χ1) is 6.54. The van der Waals surface area contributed by atoms with Crippen molar-refractivity contribution in [2.24, 2.45) is 0 Å². The van der Waals surface area contributed by atoms with Crippen molar-refractivity contribution in [2.45, 2.75) is 0 Å². The van der Waals surface area contributed by atoms with E-state index in [-0.39, 0.29) is 0 Å². The van der Waals surface area contributed by atoms with Crippen LogP contribution in [-0.4, -0.2) is 0 Å². The van der Waals surface area contributed by atoms with Crippen LogP contribution in [0.5, 0.6) is 0 Å². The molecule has 1 aromatic rings. The van der Waals surface area contributed by atoms with E-state index in [1.165, 1.54) is 12.1 Å². The average Bonchev–Trinajstić information content (AvgIpc) is 2.16. The molecule has 0 radical (unpaired) electrons. The van der Waals surface area contributed by atoms with Crippen LogP contribution in [0, 0.1) is 34.3 Å². The molecule has 0 aliphatic heterocycles. The minimum Gasteiger partial charge on any atom is -0.204 e. The molecule has 6 heteroatoms. The van der Waals surface area contributed by atoms with Gasteiger partial charge in [-0.3, -0.25) is 0 Å². The summed E-state index contributed by atoms with van der Waals surface area (Å²) in [4.78, 5) is 0. The maximum absolute atomic E-state index is 13.1. The van der Waals surface area contributed by atoms with Gasteiger partial charge in [0.2, 0.25) is 0 Å². The highest BCUT2D eigenvalue weighted by atomic mass is 35.5. The first-order valence-corrected chi connectivity index (χ1v) is 3.96. The molecule has 0 fully saturated rings. The Balaban J connectivity index is 3.78. The van der Waals surface area contributed by atoms with E-state index >= 15 is 0 Å². The maximum Gasteiger partial charge on any atom is 0.164 e. The molecule has 0 N–H and O–H groups in total. The molecule has 0 aliphatic carbocycles. The predicted octanol–water partition coefficient (Wildman–Crippen LogP) is 3.01. The Bertz CT molecular complexity index is 445. The van der Waals surface area contributed by atoms with E-state index in [0.717, 1.165) is 0 Å². The minimum atomic E-state index is -1.29. The summed E-state index contributed by atoms with van der Waals surface area (Å²) in [6, 6.07) is 2.66. The van der Waals surface area contributed by atoms with Gasteiger partial charge in [0.15, 0.2) is 11.6 Å². The Morgan fingerprint density at radius 2 is 1.36 bits per heavy atom. The van der Waals surface area contributed by atoms with Crippen molar-refractivity contribution in [1.29, 1.82) is 10.5 Å². The molecule has 1 aromatic carbocycles. The largest absolute Gasteiger partial charge is 0.204 e. The van der Waals surface area contributed by atoms with E-state index in [1.807, 2.05) is 0 Å². The lowest BCUT2D eigenvalue weighted by Gasteiger charge is -2.03. The van der Waals surface area contributed by atoms with Crippen LogP contribution >= 0.6 is 23.2 Å². The van der Waals surface area contributed by atoms with E-state index in [2.05, 4.69) is 0 Å². The third-order valence-electron chi connectivity index (χ3n) is 1.49. The van der Waals surface area contributed by atoms with E-state index in [0.29, 0.717) is 0 Å². The lowest BCUT2D eigenvalue weighted by Crippen LogP contribution is -1.97. The Kier molecular flexibility index (Phi) is 2.90. The van der Waals surface area contributed by atoms with Gasteiger partial charge in [-0.05, 0) is 0 Å². The lowest BCUT2D eigenvalue weighted by molar-refractivity contribution is 0.575. The minimum absolute atomic E-state index is 0.525. The predicted molar refractivity (Wildman–Crippen MR) is 45.8 cm³/mol. The fourth-order valence-electron chi connectivity index (χ4n) is 0.830. The van der Waals surface area contributed by atoms with Crippen molar-refractivity contribution in [1.82, 2.24) is 0 Å². The summed E-state index contributed by atoms with van der Waals surface area (Å²) >= 11 is 10.7. The van der Waals surface area contributed by atoms with Gasteiger partial charge >= 0.3 is 0 Å². The average molecular weight is 233 g/mol. The number of benzene rings is 1. The van der Waals surface area contributed by atoms with E-state index in [1.54, 1.807) is 0 Å². The van der Waals surface area contributed by atoms with E-state index in [9.17, 15) is 8.78 Å². The normalized spacial score (nSPS) is 9.29. The zero-order valence-corrected chi connectivity index (χ0v) is 7.92. The van der Waals surface area contributed by atoms with Gasteiger partial charge in [0.05, 0.1) is 10.0 Å². The number of nitriles is 2. The van der Waals surface area contributed by atoms with Crippen LogP contribution in [0.3, 0.4) is 0 Å². The molecule has 0 saturated heterocycles. The summed E-state index contributed by atoms with van der Waals surface area (Å²) in [5.41, 5.74) is -1.54. The van der Waals surface area contributed by atoms with Gasteiger partial charge in [-0.2, -0.15) is 10.5 Å². The molecule has 2 nitrogen and oxygen atoms in total. The molecule has 0 amide bonds. The van der Waals surface area contributed by atoms with Gasteiger partial charge in [0.1, 0.15) is 23.3 Å². The summed E-state index contributed by atoms with van der Waals surface area (Å²) in [5, 5.41) is 15.7. The van der Waals surface area contributed by atoms with Crippen molar-refractivity contribution < 1.29 is 8.78 Å². The maximum atomic E-state index is 13.1. The van der Waals surface area contributed by atoms with Crippen LogP contribution in [-0.2, 0) is 0 Å². The van der Waals surface area contributed by atoms with Crippen LogP contribution in [0.2, 0.25) is 10.0 Å². The first kappa shape index (κ1) is 10.7. The monoisotopic (exact) mass is 232 g/mol. The summed E-state index contributed by atoms with van der Waals surface area (Å²) in [6.07, 6.45) is 0. The fraction of sp³-hybridized carbons (Fsp3) is 0. The molecule has 14 heavy (non-hydrogen) atoms. The summed E-state index contributed by atoms with van der Waals surface area (Å²) in [6.45, 7) is 0. The standard InChI is InChI=1S/C8Cl2F2N2/c9-5-3(1-13)7(11)4(2-14)8(12)6(5)10. The Morgan fingerprint density at radius 1 is 0.857 bits per heavy atom. The molecule has 0 unspecified atom stereocenters. The van der Waals surface area contributed by atoms with Crippen LogP contribution in [0.1, 0.15) is 11.1 Å². The Labute approximate surface area is 87.9 Å². The van der Waals surface area contributed by atoms with Crippen molar-refractivity contribution in [3.05, 3.63) is 32.8 Å². The highest BCUT2D eigenvalue weighted by Gasteiger charge is 2.22. The zero-order chi connectivity index (χ0) is 10.9. The van der Waals surface area contributed by atoms with Crippen LogP contribution in [0.4, 0.5) is 8.78 Å². The zero-order valence-electron chi connectivity index (χ0n) is 6.41. The molecule has 0 aromatic heterocycles. The molecule has 0 spiro atoms. The molecular formula is C8Cl2F2N2. The quantitative estimate of drug-likeness (QED) is 0.510. The Morgan fingerprint density at radius 3 is 1.79 bits per heavy atom. The number of hydrogen-bond acceptors (Lipinski definition) is 2. The number of rotatable bonds is 0. The van der Waals surface area contributed by atoms with Crippen molar-refractivity contribution in [2.75, 3.05) is 0 Å². The van der Waals surface area contributed by atoms with E-state index < -0.39 is 32.8 Å². The molecule has 1 rings (SSSR count). The molecule has 0 saturated carbocycles. The molecule has 0 heterocycles. The van der Waals surface area contributed by atoms with Crippen LogP contribution in [0.25, 0.3) is 0 Å². The third-order valence-corrected chi connectivity index (χ3v) is 2.32. The van der Waals surface area contributed by atoms with Crippen LogP contribution < -0.4 is 0 Å². The fourth-order valence-corrected chi connectivity index (χ4v) is 1.23. The second kappa shape index (κ2) is 3.79. The van der Waals surface area contributed by atoms with Gasteiger partial charge in [-0.15, -0.1) is 0 Å². The molecule has 0 bridgehead atoms. The summed E-state index contributed by atoms with van der Waals surface area (Å²) in [5.74, 6) is -2.54. The number of halogens is 4. The molecule has 0 atom stereocenters. The second-order valence-corrected chi connectivity index (χ2v) is 2.99. The van der Waals surface area contributed by atoms with Gasteiger partial charge in [-0.1, -0.05) is 23.2 Å². The van der Waals surface area contributed by atoms with E-state index in [4.69, 9.17) is 33.7 Å². The van der Waals surface area contributed by atoms with Gasteiger partial charge in [0.25, 0.3) is 0 Å². The van der Waals surface area contributed by atoms with Crippen molar-refractivity contribution >= 4 is 23.2 Å². The summed E-state index contributed by atoms with van der Waals surface area (Å²) in [7, 11) is 0. The van der Waals surface area contributed by atoms with Crippen molar-refractivity contribution in [3.8, 4) is 12.1 Å². The topological polar surface area (TPSA) is 47.6 Å². The van der Waals surface area contributed by atoms with Crippen LogP contribution in [0.15, 0.2) is 0 Å². The second-order valence-electron chi connectivity index (χ2n) is 2.23. The van der Waals surface area contributed by atoms with Gasteiger partial charge in [0, 0.05) is 0 Å². The first-order valence-electron chi connectivity index (χ1n) is 3.20.